The van der Waals surface area contributed by atoms with Crippen molar-refractivity contribution in [1.82, 2.24) is 14.5 Å². The van der Waals surface area contributed by atoms with Gasteiger partial charge in [-0.3, -0.25) is 4.79 Å². The Morgan fingerprint density at radius 2 is 1.77 bits per heavy atom. The van der Waals surface area contributed by atoms with Crippen LogP contribution in [-0.2, 0) is 14.8 Å². The first-order valence-electron chi connectivity index (χ1n) is 8.59. The smallest absolute Gasteiger partial charge is 0.253 e. The number of hydrogen-bond acceptors (Lipinski definition) is 5. The molecule has 1 N–H and O–H groups in total. The van der Waals surface area contributed by atoms with Gasteiger partial charge in [0.1, 0.15) is 5.76 Å². The van der Waals surface area contributed by atoms with Crippen LogP contribution in [0.5, 0.6) is 0 Å². The molecule has 144 valence electrons. The molecule has 26 heavy (non-hydrogen) atoms. The van der Waals surface area contributed by atoms with Gasteiger partial charge < -0.3 is 14.5 Å². The lowest BCUT2D eigenvalue weighted by atomic mass is 10.2. The number of hydrogen-bond donors (Lipinski definition) is 1. The minimum absolute atomic E-state index is 0.0943. The maximum atomic E-state index is 12.8. The Kier molecular flexibility index (Phi) is 6.66. The molecule has 1 fully saturated rings. The fourth-order valence-corrected chi connectivity index (χ4v) is 3.70. The fourth-order valence-electron chi connectivity index (χ4n) is 2.92. The Bertz CT molecular complexity index is 789. The van der Waals surface area contributed by atoms with E-state index >= 15 is 0 Å². The average molecular weight is 381 g/mol. The highest BCUT2D eigenvalue weighted by Crippen LogP contribution is 2.17. The van der Waals surface area contributed by atoms with Crippen LogP contribution in [0.4, 0.5) is 0 Å². The van der Waals surface area contributed by atoms with Crippen molar-refractivity contribution in [2.45, 2.75) is 25.2 Å². The van der Waals surface area contributed by atoms with Crippen LogP contribution in [0.15, 0.2) is 40.6 Å². The third-order valence-corrected chi connectivity index (χ3v) is 6.15. The molecule has 1 heterocycles. The second-order valence-corrected chi connectivity index (χ2v) is 8.10. The third kappa shape index (κ3) is 4.56. The summed E-state index contributed by atoms with van der Waals surface area (Å²) in [7, 11) is -0.570. The molecule has 2 rings (SSSR count). The van der Waals surface area contributed by atoms with Gasteiger partial charge in [0.25, 0.3) is 5.91 Å². The number of amides is 1. The van der Waals surface area contributed by atoms with Gasteiger partial charge in [0, 0.05) is 37.4 Å². The molecule has 1 aliphatic heterocycles. The van der Waals surface area contributed by atoms with Crippen LogP contribution < -0.4 is 4.72 Å². The molecule has 0 unspecified atom stereocenters. The molecule has 0 radical (unpaired) electrons. The second-order valence-electron chi connectivity index (χ2n) is 6.21. The Hall–Kier alpha value is -2.06. The van der Waals surface area contributed by atoms with Crippen molar-refractivity contribution < 1.29 is 17.9 Å². The molecule has 8 heteroatoms. The molecule has 0 aliphatic carbocycles. The highest BCUT2D eigenvalue weighted by Gasteiger charge is 2.22. The number of benzene rings is 1. The minimum Gasteiger partial charge on any atom is -0.500 e. The van der Waals surface area contributed by atoms with E-state index in [4.69, 9.17) is 4.74 Å². The molecule has 0 bridgehead atoms. The monoisotopic (exact) mass is 381 g/mol. The van der Waals surface area contributed by atoms with E-state index in [1.807, 2.05) is 13.8 Å². The van der Waals surface area contributed by atoms with Gasteiger partial charge in [0.05, 0.1) is 12.0 Å². The van der Waals surface area contributed by atoms with Gasteiger partial charge in [-0.1, -0.05) is 6.07 Å². The maximum Gasteiger partial charge on any atom is 0.253 e. The second kappa shape index (κ2) is 8.55. The molecule has 7 nitrogen and oxygen atoms in total. The number of carbonyl (C=O) groups is 1. The number of ether oxygens (including phenoxy) is 1. The number of carbonyl (C=O) groups excluding carboxylic acids is 1. The maximum absolute atomic E-state index is 12.8. The van der Waals surface area contributed by atoms with Gasteiger partial charge in [0.15, 0.2) is 0 Å². The summed E-state index contributed by atoms with van der Waals surface area (Å²) in [6, 6.07) is 6.15. The molecule has 1 aromatic carbocycles. The van der Waals surface area contributed by atoms with Crippen molar-refractivity contribution >= 4 is 15.9 Å². The third-order valence-electron chi connectivity index (χ3n) is 4.73. The summed E-state index contributed by atoms with van der Waals surface area (Å²) in [5, 5.41) is 0. The molecule has 1 aliphatic rings. The Morgan fingerprint density at radius 3 is 2.42 bits per heavy atom. The summed E-state index contributed by atoms with van der Waals surface area (Å²) in [5.74, 6) is 0.722. The quantitative estimate of drug-likeness (QED) is 0.785. The predicted molar refractivity (Wildman–Crippen MR) is 100 cm³/mol. The number of nitrogens with zero attached hydrogens (tertiary/aromatic N) is 2. The van der Waals surface area contributed by atoms with Crippen LogP contribution in [0.3, 0.4) is 0 Å². The van der Waals surface area contributed by atoms with Gasteiger partial charge >= 0.3 is 0 Å². The van der Waals surface area contributed by atoms with Crippen LogP contribution in [0.2, 0.25) is 0 Å². The molecule has 1 aromatic rings. The first kappa shape index (κ1) is 20.3. The van der Waals surface area contributed by atoms with Crippen molar-refractivity contribution in [3.05, 3.63) is 41.3 Å². The van der Waals surface area contributed by atoms with Gasteiger partial charge in [-0.05, 0) is 45.5 Å². The van der Waals surface area contributed by atoms with Crippen molar-refractivity contribution in [2.75, 3.05) is 40.3 Å². The normalized spacial score (nSPS) is 16.8. The van der Waals surface area contributed by atoms with E-state index in [1.54, 1.807) is 24.1 Å². The van der Waals surface area contributed by atoms with Crippen LogP contribution in [0.1, 0.15) is 30.6 Å². The summed E-state index contributed by atoms with van der Waals surface area (Å²) in [6.07, 6.45) is 0.842. The van der Waals surface area contributed by atoms with Crippen LogP contribution in [0.25, 0.3) is 0 Å². The van der Waals surface area contributed by atoms with Gasteiger partial charge in [-0.2, -0.15) is 0 Å². The largest absolute Gasteiger partial charge is 0.500 e. The Labute approximate surface area is 155 Å². The summed E-state index contributed by atoms with van der Waals surface area (Å²) < 4.78 is 31.5. The van der Waals surface area contributed by atoms with Crippen LogP contribution in [-0.4, -0.2) is 64.5 Å². The molecular weight excluding hydrogens is 354 g/mol. The number of rotatable bonds is 5. The van der Waals surface area contributed by atoms with Crippen LogP contribution >= 0.6 is 0 Å². The summed E-state index contributed by atoms with van der Waals surface area (Å²) in [4.78, 5) is 16.9. The molecule has 0 spiro atoms. The van der Waals surface area contributed by atoms with E-state index in [0.717, 1.165) is 24.4 Å². The molecule has 0 atom stereocenters. The minimum atomic E-state index is -3.57. The van der Waals surface area contributed by atoms with Crippen LogP contribution in [0, 0.1) is 0 Å². The zero-order valence-electron chi connectivity index (χ0n) is 15.8. The summed E-state index contributed by atoms with van der Waals surface area (Å²) >= 11 is 0. The number of allylic oxidation sites excluding steroid dienone is 2. The lowest BCUT2D eigenvalue weighted by molar-refractivity contribution is 0.0762. The van der Waals surface area contributed by atoms with Crippen molar-refractivity contribution in [2.24, 2.45) is 0 Å². The first-order chi connectivity index (χ1) is 12.3. The summed E-state index contributed by atoms with van der Waals surface area (Å²) in [6.45, 7) is 6.73. The van der Waals surface area contributed by atoms with E-state index in [9.17, 15) is 13.2 Å². The molecular formula is C18H27N3O4S. The molecule has 0 saturated carbocycles. The van der Waals surface area contributed by atoms with E-state index in [1.165, 1.54) is 19.2 Å². The van der Waals surface area contributed by atoms with Gasteiger partial charge in [-0.25, -0.2) is 13.1 Å². The number of nitrogens with one attached hydrogen (secondary N) is 1. The standard InChI is InChI=1S/C18H27N3O4S/c1-14(15(2)25-4)20-9-6-10-21(12-11-20)18(22)16-7-5-8-17(13-16)26(23,24)19-3/h5,7-8,13,19H,6,9-12H2,1-4H3/b15-14-. The Morgan fingerprint density at radius 1 is 1.12 bits per heavy atom. The average Bonchev–Trinajstić information content (AvgIpc) is 2.92. The fraction of sp³-hybridized carbons (Fsp3) is 0.500. The van der Waals surface area contributed by atoms with E-state index in [2.05, 4.69) is 9.62 Å². The predicted octanol–water partition coefficient (Wildman–Crippen LogP) is 1.64. The van der Waals surface area contributed by atoms with E-state index < -0.39 is 10.0 Å². The zero-order valence-corrected chi connectivity index (χ0v) is 16.6. The highest BCUT2D eigenvalue weighted by molar-refractivity contribution is 7.89. The first-order valence-corrected chi connectivity index (χ1v) is 10.1. The summed E-state index contributed by atoms with van der Waals surface area (Å²) in [5.41, 5.74) is 1.46. The van der Waals surface area contributed by atoms with Gasteiger partial charge in [0.2, 0.25) is 10.0 Å². The van der Waals surface area contributed by atoms with Crippen molar-refractivity contribution in [1.29, 1.82) is 0 Å². The number of methoxy groups -OCH3 is 1. The van der Waals surface area contributed by atoms with Crippen molar-refractivity contribution in [3.8, 4) is 0 Å². The number of sulfonamides is 1. The molecule has 1 saturated heterocycles. The van der Waals surface area contributed by atoms with E-state index in [0.29, 0.717) is 25.2 Å². The topological polar surface area (TPSA) is 79.0 Å². The molecule has 0 aromatic heterocycles. The highest BCUT2D eigenvalue weighted by atomic mass is 32.2. The lowest BCUT2D eigenvalue weighted by Crippen LogP contribution is -2.35. The SMILES string of the molecule is CNS(=O)(=O)c1cccc(C(=O)N2CCCN(/C(C)=C(/C)OC)CC2)c1. The Balaban J connectivity index is 2.15. The van der Waals surface area contributed by atoms with E-state index in [-0.39, 0.29) is 10.8 Å². The van der Waals surface area contributed by atoms with Crippen molar-refractivity contribution in [3.63, 3.8) is 0 Å². The van der Waals surface area contributed by atoms with Gasteiger partial charge in [-0.15, -0.1) is 0 Å². The lowest BCUT2D eigenvalue weighted by Gasteiger charge is -2.25. The zero-order chi connectivity index (χ0) is 19.3. The molecule has 1 amide bonds.